The molecule has 2 aliphatic heterocycles. The van der Waals surface area contributed by atoms with Crippen LogP contribution in [-0.4, -0.2) is 37.6 Å². The molecule has 2 heterocycles. The second-order valence-corrected chi connectivity index (χ2v) is 13.1. The van der Waals surface area contributed by atoms with Crippen LogP contribution in [0.3, 0.4) is 0 Å². The van der Waals surface area contributed by atoms with Gasteiger partial charge in [-0.25, -0.2) is 0 Å². The quantitative estimate of drug-likeness (QED) is 0.156. The van der Waals surface area contributed by atoms with Crippen LogP contribution in [0.5, 0.6) is 17.2 Å². The number of aromatic hydroxyl groups is 1. The molecule has 236 valence electrons. The van der Waals surface area contributed by atoms with Gasteiger partial charge in [-0.1, -0.05) is 60.7 Å². The smallest absolute Gasteiger partial charge is 0.508 e. The minimum Gasteiger partial charge on any atom is -0.508 e. The number of ether oxygens (including phenoxy) is 2. The second kappa shape index (κ2) is 14.9. The molecule has 6 nitrogen and oxygen atoms in total. The van der Waals surface area contributed by atoms with Gasteiger partial charge in [0.05, 0.1) is 12.7 Å². The van der Waals surface area contributed by atoms with E-state index in [1.54, 1.807) is 24.3 Å². The molecule has 2 saturated carbocycles. The topological polar surface area (TPSA) is 82.1 Å². The SMILES string of the molecule is O=S(=O)(Oc1cccc2ccccc12)[C@H]1C[C@H]2O[C@@H]1C(c1ccc(OC[C]3[CH][CH][CH][CH]3)cc1)=C2c1ccc(O)cc1.[CH]1[CH][CH][CH][CH]1.[Fe+2]. The molecule has 1 saturated heterocycles. The van der Waals surface area contributed by atoms with Crippen molar-refractivity contribution in [2.45, 2.75) is 23.9 Å². The number of hydrogen-bond acceptors (Lipinski definition) is 6. The molecule has 1 N–H and O–H groups in total. The van der Waals surface area contributed by atoms with E-state index in [0.717, 1.165) is 39.0 Å². The summed E-state index contributed by atoms with van der Waals surface area (Å²) >= 11 is 0. The third-order valence-corrected chi connectivity index (χ3v) is 9.95. The van der Waals surface area contributed by atoms with Gasteiger partial charge in [0.15, 0.2) is 0 Å². The molecular weight excluding hydrogens is 652 g/mol. The maximum absolute atomic E-state index is 13.8. The number of rotatable bonds is 8. The van der Waals surface area contributed by atoms with E-state index in [9.17, 15) is 13.5 Å². The number of phenolic OH excluding ortho intramolecular Hbond substituents is 1. The Labute approximate surface area is 288 Å². The van der Waals surface area contributed by atoms with Gasteiger partial charge >= 0.3 is 27.2 Å². The number of fused-ring (bicyclic) bond motifs is 3. The van der Waals surface area contributed by atoms with Crippen molar-refractivity contribution >= 4 is 32.0 Å². The van der Waals surface area contributed by atoms with E-state index in [2.05, 4.69) is 0 Å². The summed E-state index contributed by atoms with van der Waals surface area (Å²) < 4.78 is 45.6. The third-order valence-electron chi connectivity index (χ3n) is 8.35. The fourth-order valence-corrected chi connectivity index (χ4v) is 7.61. The fourth-order valence-electron chi connectivity index (χ4n) is 6.18. The minimum absolute atomic E-state index is 0. The molecule has 4 aromatic carbocycles. The van der Waals surface area contributed by atoms with E-state index in [-0.39, 0.29) is 29.2 Å². The molecular formula is C39H32FeO6S+2. The molecule has 4 aliphatic rings. The van der Waals surface area contributed by atoms with Gasteiger partial charge in [0.2, 0.25) is 0 Å². The van der Waals surface area contributed by atoms with E-state index in [0.29, 0.717) is 18.1 Å². The zero-order valence-electron chi connectivity index (χ0n) is 25.3. The van der Waals surface area contributed by atoms with Crippen LogP contribution < -0.4 is 8.92 Å². The summed E-state index contributed by atoms with van der Waals surface area (Å²) in [6.45, 7) is 0.466. The predicted molar refractivity (Wildman–Crippen MR) is 179 cm³/mol. The summed E-state index contributed by atoms with van der Waals surface area (Å²) in [6, 6.07) is 27.5. The average molecular weight is 685 g/mol. The summed E-state index contributed by atoms with van der Waals surface area (Å²) in [7, 11) is -4.05. The molecule has 3 atom stereocenters. The van der Waals surface area contributed by atoms with Crippen LogP contribution in [0.4, 0.5) is 0 Å². The Balaban J connectivity index is 0.000000591. The van der Waals surface area contributed by atoms with Crippen molar-refractivity contribution in [1.82, 2.24) is 0 Å². The maximum Gasteiger partial charge on any atom is 2.00 e. The predicted octanol–water partition coefficient (Wildman–Crippen LogP) is 7.21. The van der Waals surface area contributed by atoms with Crippen LogP contribution in [0.2, 0.25) is 0 Å². The van der Waals surface area contributed by atoms with Crippen molar-refractivity contribution in [3.63, 3.8) is 0 Å². The van der Waals surface area contributed by atoms with Crippen LogP contribution in [0.15, 0.2) is 91.0 Å². The Bertz CT molecular complexity index is 1780. The van der Waals surface area contributed by atoms with Gasteiger partial charge in [-0.3, -0.25) is 0 Å². The number of hydrogen-bond donors (Lipinski definition) is 1. The molecule has 8 rings (SSSR count). The van der Waals surface area contributed by atoms with Crippen LogP contribution in [0.25, 0.3) is 21.9 Å². The zero-order chi connectivity index (χ0) is 31.5. The second-order valence-electron chi connectivity index (χ2n) is 11.3. The molecule has 2 bridgehead atoms. The van der Waals surface area contributed by atoms with Crippen LogP contribution in [-0.2, 0) is 31.9 Å². The first-order chi connectivity index (χ1) is 22.5. The van der Waals surface area contributed by atoms with Gasteiger partial charge in [0, 0.05) is 17.7 Å². The van der Waals surface area contributed by atoms with Crippen molar-refractivity contribution in [2.75, 3.05) is 6.61 Å². The van der Waals surface area contributed by atoms with Crippen molar-refractivity contribution in [1.29, 1.82) is 0 Å². The third kappa shape index (κ3) is 7.41. The Morgan fingerprint density at radius 2 is 1.34 bits per heavy atom. The standard InChI is InChI=1S/C34H27O6S.C5H5.Fe/c35-26-16-12-24(13-17-26)32-30-20-31(41(36,37)40-29-11-5-9-23-8-3-4-10-28(23)29)34(39-30)33(32)25-14-18-27(19-15-25)38-21-22-6-1-2-7-22;1-2-4-5-3-1;/h1-19,30-31,34-35H,20-21H2;1-5H;/q;;+2/t30-,31+,34+;;/m1../s1. The van der Waals surface area contributed by atoms with E-state index >= 15 is 0 Å². The van der Waals surface area contributed by atoms with Crippen molar-refractivity contribution < 1.29 is 44.2 Å². The van der Waals surface area contributed by atoms with Crippen LogP contribution in [0, 0.1) is 63.7 Å². The maximum atomic E-state index is 13.8. The van der Waals surface area contributed by atoms with Crippen molar-refractivity contribution in [2.24, 2.45) is 0 Å². The van der Waals surface area contributed by atoms with E-state index in [1.165, 1.54) is 0 Å². The minimum atomic E-state index is -4.05. The van der Waals surface area contributed by atoms with E-state index in [1.807, 2.05) is 125 Å². The van der Waals surface area contributed by atoms with E-state index in [4.69, 9.17) is 13.7 Å². The molecule has 8 heteroatoms. The molecule has 0 unspecified atom stereocenters. The number of phenols is 1. The first kappa shape index (κ1) is 33.6. The van der Waals surface area contributed by atoms with Crippen molar-refractivity contribution in [3.05, 3.63) is 166 Å². The first-order valence-electron chi connectivity index (χ1n) is 15.2. The molecule has 3 fully saturated rings. The zero-order valence-corrected chi connectivity index (χ0v) is 27.2. The Morgan fingerprint density at radius 3 is 2.04 bits per heavy atom. The molecule has 10 radical (unpaired) electrons. The van der Waals surface area contributed by atoms with Crippen LogP contribution >= 0.6 is 0 Å². The molecule has 2 aliphatic carbocycles. The molecule has 0 aromatic heterocycles. The normalized spacial score (nSPS) is 22.2. The first-order valence-corrected chi connectivity index (χ1v) is 16.6. The average Bonchev–Trinajstić information content (AvgIpc) is 3.91. The van der Waals surface area contributed by atoms with Crippen molar-refractivity contribution in [3.8, 4) is 17.2 Å². The van der Waals surface area contributed by atoms with Gasteiger partial charge in [0.25, 0.3) is 0 Å². The summed E-state index contributed by atoms with van der Waals surface area (Å²) in [6.07, 6.45) is 17.1. The molecule has 47 heavy (non-hydrogen) atoms. The Kier molecular flexibility index (Phi) is 10.6. The van der Waals surface area contributed by atoms with E-state index < -0.39 is 27.6 Å². The summed E-state index contributed by atoms with van der Waals surface area (Å²) in [5.74, 6) is 2.28. The van der Waals surface area contributed by atoms with Gasteiger partial charge in [-0.15, -0.1) is 0 Å². The Hall–Kier alpha value is -3.29. The van der Waals surface area contributed by atoms with Gasteiger partial charge in [-0.2, -0.15) is 8.42 Å². The Morgan fingerprint density at radius 1 is 0.723 bits per heavy atom. The molecule has 0 amide bonds. The molecule has 0 spiro atoms. The summed E-state index contributed by atoms with van der Waals surface area (Å²) in [5, 5.41) is 10.6. The van der Waals surface area contributed by atoms with Crippen LogP contribution in [0.1, 0.15) is 17.5 Å². The monoisotopic (exact) mass is 684 g/mol. The van der Waals surface area contributed by atoms with Gasteiger partial charge in [-0.05, 0) is 116 Å². The van der Waals surface area contributed by atoms with Gasteiger partial charge in [0.1, 0.15) is 28.6 Å². The number of benzene rings is 4. The summed E-state index contributed by atoms with van der Waals surface area (Å²) in [5.41, 5.74) is 3.47. The van der Waals surface area contributed by atoms with Gasteiger partial charge < -0.3 is 18.8 Å². The summed E-state index contributed by atoms with van der Waals surface area (Å²) in [4.78, 5) is 0. The molecule has 4 aromatic rings. The largest absolute Gasteiger partial charge is 2.00 e. The fraction of sp³-hybridized carbons (Fsp3) is 0.128.